The Balaban J connectivity index is 1.45. The van der Waals surface area contributed by atoms with E-state index in [4.69, 9.17) is 16.3 Å². The molecule has 1 aromatic heterocycles. The summed E-state index contributed by atoms with van der Waals surface area (Å²) in [7, 11) is 0. The summed E-state index contributed by atoms with van der Waals surface area (Å²) in [6, 6.07) is 8.63. The first-order chi connectivity index (χ1) is 11.8. The van der Waals surface area contributed by atoms with Gasteiger partial charge >= 0.3 is 0 Å². The second kappa shape index (κ2) is 7.26. The van der Waals surface area contributed by atoms with E-state index in [1.807, 2.05) is 24.4 Å². The summed E-state index contributed by atoms with van der Waals surface area (Å²) >= 11 is 6.14. The third kappa shape index (κ3) is 3.51. The van der Waals surface area contributed by atoms with Gasteiger partial charge < -0.3 is 14.6 Å². The molecule has 5 heteroatoms. The molecular weight excluding hydrogens is 322 g/mol. The molecule has 2 aliphatic rings. The number of hydrogen-bond donors (Lipinski definition) is 1. The highest BCUT2D eigenvalue weighted by atomic mass is 35.5. The first-order valence-corrected chi connectivity index (χ1v) is 9.33. The van der Waals surface area contributed by atoms with Crippen LogP contribution in [0.2, 0.25) is 5.02 Å². The number of hydrogen-bond acceptors (Lipinski definition) is 3. The van der Waals surface area contributed by atoms with Gasteiger partial charge in [0.2, 0.25) is 0 Å². The number of ether oxygens (including phenoxy) is 1. The lowest BCUT2D eigenvalue weighted by Gasteiger charge is -2.29. The van der Waals surface area contributed by atoms with Gasteiger partial charge in [-0.1, -0.05) is 43.0 Å². The molecule has 1 saturated carbocycles. The Morgan fingerprint density at radius 2 is 2.12 bits per heavy atom. The van der Waals surface area contributed by atoms with Crippen LogP contribution in [0.5, 0.6) is 0 Å². The maximum Gasteiger partial charge on any atom is 0.135 e. The molecule has 24 heavy (non-hydrogen) atoms. The van der Waals surface area contributed by atoms with Crippen molar-refractivity contribution in [3.8, 4) is 11.3 Å². The Labute approximate surface area is 148 Å². The van der Waals surface area contributed by atoms with Crippen molar-refractivity contribution in [2.75, 3.05) is 6.54 Å². The highest BCUT2D eigenvalue weighted by Gasteiger charge is 2.24. The van der Waals surface area contributed by atoms with Crippen LogP contribution in [-0.2, 0) is 17.9 Å². The second-order valence-electron chi connectivity index (χ2n) is 6.86. The van der Waals surface area contributed by atoms with Gasteiger partial charge in [-0.05, 0) is 25.0 Å². The quantitative estimate of drug-likeness (QED) is 0.909. The van der Waals surface area contributed by atoms with E-state index in [1.54, 1.807) is 0 Å². The lowest BCUT2D eigenvalue weighted by Crippen LogP contribution is -2.41. The maximum absolute atomic E-state index is 6.14. The molecule has 2 heterocycles. The van der Waals surface area contributed by atoms with Crippen molar-refractivity contribution in [2.24, 2.45) is 0 Å². The first kappa shape index (κ1) is 16.1. The second-order valence-corrected chi connectivity index (χ2v) is 7.29. The SMILES string of the molecule is Clc1cccc(-c2cnc3n2C[C@H](CNC2CCCCC2)OC3)c1. The first-order valence-electron chi connectivity index (χ1n) is 8.95. The molecule has 1 fully saturated rings. The molecule has 0 radical (unpaired) electrons. The summed E-state index contributed by atoms with van der Waals surface area (Å²) in [4.78, 5) is 4.52. The summed E-state index contributed by atoms with van der Waals surface area (Å²) in [5, 5.41) is 4.46. The molecule has 1 aliphatic carbocycles. The average molecular weight is 346 g/mol. The summed E-state index contributed by atoms with van der Waals surface area (Å²) in [5.74, 6) is 0.999. The highest BCUT2D eigenvalue weighted by molar-refractivity contribution is 6.30. The molecule has 1 N–H and O–H groups in total. The van der Waals surface area contributed by atoms with Crippen LogP contribution in [-0.4, -0.2) is 28.2 Å². The van der Waals surface area contributed by atoms with Crippen LogP contribution in [0.1, 0.15) is 37.9 Å². The van der Waals surface area contributed by atoms with Crippen LogP contribution >= 0.6 is 11.6 Å². The monoisotopic (exact) mass is 345 g/mol. The Hall–Kier alpha value is -1.36. The molecule has 4 rings (SSSR count). The Morgan fingerprint density at radius 3 is 2.96 bits per heavy atom. The number of nitrogens with zero attached hydrogens (tertiary/aromatic N) is 2. The zero-order valence-electron chi connectivity index (χ0n) is 13.9. The van der Waals surface area contributed by atoms with E-state index < -0.39 is 0 Å². The van der Waals surface area contributed by atoms with Gasteiger partial charge in [0.25, 0.3) is 0 Å². The van der Waals surface area contributed by atoms with Gasteiger partial charge in [-0.2, -0.15) is 0 Å². The minimum atomic E-state index is 0.201. The van der Waals surface area contributed by atoms with E-state index >= 15 is 0 Å². The van der Waals surface area contributed by atoms with Crippen LogP contribution in [0, 0.1) is 0 Å². The molecule has 0 saturated heterocycles. The predicted molar refractivity (Wildman–Crippen MR) is 96.1 cm³/mol. The number of halogens is 1. The molecule has 0 amide bonds. The van der Waals surface area contributed by atoms with Gasteiger partial charge in [-0.25, -0.2) is 4.98 Å². The molecule has 1 aliphatic heterocycles. The molecule has 4 nitrogen and oxygen atoms in total. The number of fused-ring (bicyclic) bond motifs is 1. The number of benzene rings is 1. The molecule has 0 spiro atoms. The van der Waals surface area contributed by atoms with Crippen LogP contribution in [0.15, 0.2) is 30.5 Å². The minimum Gasteiger partial charge on any atom is -0.367 e. The fourth-order valence-electron chi connectivity index (χ4n) is 3.79. The lowest BCUT2D eigenvalue weighted by atomic mass is 9.95. The minimum absolute atomic E-state index is 0.201. The molecule has 1 atom stereocenters. The normalized spacial score (nSPS) is 21.6. The largest absolute Gasteiger partial charge is 0.367 e. The van der Waals surface area contributed by atoms with Crippen molar-refractivity contribution in [2.45, 2.75) is 57.4 Å². The van der Waals surface area contributed by atoms with Crippen molar-refractivity contribution in [3.63, 3.8) is 0 Å². The van der Waals surface area contributed by atoms with Crippen molar-refractivity contribution < 1.29 is 4.74 Å². The Bertz CT molecular complexity index is 694. The lowest BCUT2D eigenvalue weighted by molar-refractivity contribution is 0.00135. The van der Waals surface area contributed by atoms with E-state index in [0.717, 1.165) is 35.2 Å². The van der Waals surface area contributed by atoms with Crippen molar-refractivity contribution >= 4 is 11.6 Å². The molecule has 128 valence electrons. The number of nitrogens with one attached hydrogen (secondary N) is 1. The summed E-state index contributed by atoms with van der Waals surface area (Å²) in [5.41, 5.74) is 2.24. The van der Waals surface area contributed by atoms with Crippen LogP contribution in [0.25, 0.3) is 11.3 Å². The number of aromatic nitrogens is 2. The predicted octanol–water partition coefficient (Wildman–Crippen LogP) is 4.02. The van der Waals surface area contributed by atoms with Crippen molar-refractivity contribution in [1.82, 2.24) is 14.9 Å². The van der Waals surface area contributed by atoms with Gasteiger partial charge in [0.05, 0.1) is 24.5 Å². The molecule has 0 bridgehead atoms. The van der Waals surface area contributed by atoms with Gasteiger partial charge in [-0.15, -0.1) is 0 Å². The van der Waals surface area contributed by atoms with E-state index in [-0.39, 0.29) is 6.10 Å². The fourth-order valence-corrected chi connectivity index (χ4v) is 3.98. The maximum atomic E-state index is 6.14. The molecule has 2 aromatic rings. The van der Waals surface area contributed by atoms with Gasteiger partial charge in [-0.3, -0.25) is 0 Å². The van der Waals surface area contributed by atoms with Crippen LogP contribution in [0.4, 0.5) is 0 Å². The zero-order chi connectivity index (χ0) is 16.4. The topological polar surface area (TPSA) is 39.1 Å². The van der Waals surface area contributed by atoms with Gasteiger partial charge in [0.1, 0.15) is 12.4 Å². The van der Waals surface area contributed by atoms with Crippen LogP contribution in [0.3, 0.4) is 0 Å². The van der Waals surface area contributed by atoms with Crippen molar-refractivity contribution in [3.05, 3.63) is 41.3 Å². The van der Waals surface area contributed by atoms with Crippen molar-refractivity contribution in [1.29, 1.82) is 0 Å². The highest BCUT2D eigenvalue weighted by Crippen LogP contribution is 2.27. The number of rotatable bonds is 4. The average Bonchev–Trinajstić information content (AvgIpc) is 3.04. The van der Waals surface area contributed by atoms with Crippen LogP contribution < -0.4 is 5.32 Å². The van der Waals surface area contributed by atoms with Gasteiger partial charge in [0, 0.05) is 23.2 Å². The molecular formula is C19H24ClN3O. The Morgan fingerprint density at radius 1 is 1.25 bits per heavy atom. The Kier molecular flexibility index (Phi) is 4.88. The summed E-state index contributed by atoms with van der Waals surface area (Å²) in [6.45, 7) is 2.34. The van der Waals surface area contributed by atoms with E-state index in [2.05, 4.69) is 20.9 Å². The standard InChI is InChI=1S/C19H24ClN3O/c20-15-6-4-5-14(9-15)18-11-22-19-13-24-17(12-23(18)19)10-21-16-7-2-1-3-8-16/h4-6,9,11,16-17,21H,1-3,7-8,10,12-13H2/t17-/m0/s1. The number of imidazole rings is 1. The molecule has 0 unspecified atom stereocenters. The third-order valence-corrected chi connectivity index (χ3v) is 5.37. The third-order valence-electron chi connectivity index (χ3n) is 5.13. The van der Waals surface area contributed by atoms with E-state index in [0.29, 0.717) is 12.6 Å². The summed E-state index contributed by atoms with van der Waals surface area (Å²) < 4.78 is 8.28. The smallest absolute Gasteiger partial charge is 0.135 e. The van der Waals surface area contributed by atoms with E-state index in [9.17, 15) is 0 Å². The van der Waals surface area contributed by atoms with E-state index in [1.165, 1.54) is 32.1 Å². The van der Waals surface area contributed by atoms with Gasteiger partial charge in [0.15, 0.2) is 0 Å². The molecule has 1 aromatic carbocycles. The summed E-state index contributed by atoms with van der Waals surface area (Å²) in [6.07, 6.45) is 8.84. The fraction of sp³-hybridized carbons (Fsp3) is 0.526. The zero-order valence-corrected chi connectivity index (χ0v) is 14.6.